The van der Waals surface area contributed by atoms with Crippen molar-refractivity contribution >= 4 is 5.91 Å². The summed E-state index contributed by atoms with van der Waals surface area (Å²) in [4.78, 5) is 20.8. The molecule has 0 saturated heterocycles. The van der Waals surface area contributed by atoms with Crippen molar-refractivity contribution in [3.05, 3.63) is 78.0 Å². The van der Waals surface area contributed by atoms with Crippen LogP contribution in [-0.2, 0) is 6.54 Å². The molecule has 0 saturated carbocycles. The van der Waals surface area contributed by atoms with Gasteiger partial charge < -0.3 is 10.1 Å². The summed E-state index contributed by atoms with van der Waals surface area (Å²) < 4.78 is 18.5. The summed E-state index contributed by atoms with van der Waals surface area (Å²) in [6.07, 6.45) is 1.42. The molecule has 0 unspecified atom stereocenters. The number of carbonyl (C=O) groups is 1. The molecule has 0 bridgehead atoms. The normalized spacial score (nSPS) is 10.4. The second-order valence-corrected chi connectivity index (χ2v) is 5.51. The van der Waals surface area contributed by atoms with Crippen LogP contribution in [0.15, 0.2) is 60.9 Å². The first-order valence-electron chi connectivity index (χ1n) is 8.24. The van der Waals surface area contributed by atoms with E-state index in [0.29, 0.717) is 29.3 Å². The highest BCUT2D eigenvalue weighted by molar-refractivity contribution is 5.96. The predicted molar refractivity (Wildman–Crippen MR) is 96.2 cm³/mol. The standard InChI is InChI=1S/C20H18FN3O2/c1-2-26-19-6-4-3-5-17(19)20(25)22-12-16-11-18(24-13-23-16)14-7-9-15(21)10-8-14/h3-11,13H,2,12H2,1H3,(H,22,25). The number of aromatic nitrogens is 2. The van der Waals surface area contributed by atoms with Crippen LogP contribution in [0.25, 0.3) is 11.3 Å². The zero-order valence-electron chi connectivity index (χ0n) is 14.3. The maximum absolute atomic E-state index is 13.0. The third-order valence-electron chi connectivity index (χ3n) is 3.73. The summed E-state index contributed by atoms with van der Waals surface area (Å²) in [5, 5.41) is 2.83. The van der Waals surface area contributed by atoms with E-state index in [-0.39, 0.29) is 18.3 Å². The molecule has 26 heavy (non-hydrogen) atoms. The molecule has 0 atom stereocenters. The molecule has 2 aromatic carbocycles. The fourth-order valence-electron chi connectivity index (χ4n) is 2.47. The minimum absolute atomic E-state index is 0.240. The topological polar surface area (TPSA) is 64.1 Å². The van der Waals surface area contributed by atoms with Crippen molar-refractivity contribution in [2.24, 2.45) is 0 Å². The summed E-state index contributed by atoms with van der Waals surface area (Å²) >= 11 is 0. The van der Waals surface area contributed by atoms with Crippen molar-refractivity contribution in [1.29, 1.82) is 0 Å². The lowest BCUT2D eigenvalue weighted by molar-refractivity contribution is 0.0946. The molecule has 0 aliphatic carbocycles. The Morgan fingerprint density at radius 2 is 1.88 bits per heavy atom. The molecule has 132 valence electrons. The van der Waals surface area contributed by atoms with Crippen LogP contribution in [0.5, 0.6) is 5.75 Å². The number of hydrogen-bond donors (Lipinski definition) is 1. The van der Waals surface area contributed by atoms with E-state index in [2.05, 4.69) is 15.3 Å². The Hall–Kier alpha value is -3.28. The Kier molecular flexibility index (Phi) is 5.53. The Balaban J connectivity index is 1.71. The second kappa shape index (κ2) is 8.20. The van der Waals surface area contributed by atoms with Crippen LogP contribution < -0.4 is 10.1 Å². The maximum atomic E-state index is 13.0. The summed E-state index contributed by atoms with van der Waals surface area (Å²) in [7, 11) is 0. The summed E-state index contributed by atoms with van der Waals surface area (Å²) in [5.74, 6) is 0.00133. The molecule has 1 amide bonds. The van der Waals surface area contributed by atoms with Crippen LogP contribution in [0.1, 0.15) is 23.0 Å². The predicted octanol–water partition coefficient (Wildman–Crippen LogP) is 3.61. The van der Waals surface area contributed by atoms with E-state index in [0.717, 1.165) is 5.56 Å². The van der Waals surface area contributed by atoms with Crippen LogP contribution in [-0.4, -0.2) is 22.5 Å². The van der Waals surface area contributed by atoms with Crippen molar-refractivity contribution in [3.63, 3.8) is 0 Å². The van der Waals surface area contributed by atoms with E-state index in [9.17, 15) is 9.18 Å². The fourth-order valence-corrected chi connectivity index (χ4v) is 2.47. The summed E-state index contributed by atoms with van der Waals surface area (Å²) in [6, 6.07) is 14.9. The van der Waals surface area contributed by atoms with Gasteiger partial charge in [-0.1, -0.05) is 12.1 Å². The monoisotopic (exact) mass is 351 g/mol. The van der Waals surface area contributed by atoms with Gasteiger partial charge >= 0.3 is 0 Å². The van der Waals surface area contributed by atoms with Gasteiger partial charge in [0.1, 0.15) is 17.9 Å². The van der Waals surface area contributed by atoms with E-state index in [4.69, 9.17) is 4.74 Å². The lowest BCUT2D eigenvalue weighted by Gasteiger charge is -2.10. The molecule has 0 radical (unpaired) electrons. The van der Waals surface area contributed by atoms with E-state index in [1.165, 1.54) is 18.5 Å². The number of amides is 1. The molecular weight excluding hydrogens is 333 g/mol. The molecule has 3 aromatic rings. The molecule has 1 N–H and O–H groups in total. The number of carbonyl (C=O) groups excluding carboxylic acids is 1. The Labute approximate surface area is 150 Å². The van der Waals surface area contributed by atoms with Gasteiger partial charge in [-0.25, -0.2) is 14.4 Å². The van der Waals surface area contributed by atoms with E-state index in [1.807, 2.05) is 13.0 Å². The zero-order valence-corrected chi connectivity index (χ0v) is 14.3. The van der Waals surface area contributed by atoms with Crippen molar-refractivity contribution in [2.75, 3.05) is 6.61 Å². The van der Waals surface area contributed by atoms with Gasteiger partial charge in [0, 0.05) is 5.56 Å². The molecule has 5 nitrogen and oxygen atoms in total. The Morgan fingerprint density at radius 3 is 2.65 bits per heavy atom. The largest absolute Gasteiger partial charge is 0.493 e. The van der Waals surface area contributed by atoms with Crippen molar-refractivity contribution in [2.45, 2.75) is 13.5 Å². The van der Waals surface area contributed by atoms with E-state index < -0.39 is 0 Å². The number of nitrogens with one attached hydrogen (secondary N) is 1. The Bertz CT molecular complexity index is 898. The van der Waals surface area contributed by atoms with Gasteiger partial charge in [0.25, 0.3) is 5.91 Å². The molecule has 1 heterocycles. The van der Waals surface area contributed by atoms with Gasteiger partial charge in [-0.3, -0.25) is 4.79 Å². The average Bonchev–Trinajstić information content (AvgIpc) is 2.68. The third kappa shape index (κ3) is 4.22. The van der Waals surface area contributed by atoms with Crippen molar-refractivity contribution in [3.8, 4) is 17.0 Å². The highest BCUT2D eigenvalue weighted by Crippen LogP contribution is 2.19. The Morgan fingerprint density at radius 1 is 1.12 bits per heavy atom. The highest BCUT2D eigenvalue weighted by atomic mass is 19.1. The maximum Gasteiger partial charge on any atom is 0.255 e. The first-order valence-corrected chi connectivity index (χ1v) is 8.24. The highest BCUT2D eigenvalue weighted by Gasteiger charge is 2.12. The first-order chi connectivity index (χ1) is 12.7. The number of benzene rings is 2. The molecule has 0 aliphatic heterocycles. The van der Waals surface area contributed by atoms with E-state index in [1.54, 1.807) is 36.4 Å². The molecular formula is C20H18FN3O2. The van der Waals surface area contributed by atoms with Gasteiger partial charge in [0.05, 0.1) is 30.1 Å². The van der Waals surface area contributed by atoms with Gasteiger partial charge in [0.15, 0.2) is 0 Å². The van der Waals surface area contributed by atoms with Crippen LogP contribution in [0.3, 0.4) is 0 Å². The molecule has 0 spiro atoms. The average molecular weight is 351 g/mol. The lowest BCUT2D eigenvalue weighted by Crippen LogP contribution is -2.24. The molecule has 6 heteroatoms. The first kappa shape index (κ1) is 17.5. The number of hydrogen-bond acceptors (Lipinski definition) is 4. The molecule has 3 rings (SSSR count). The van der Waals surface area contributed by atoms with Crippen molar-refractivity contribution in [1.82, 2.24) is 15.3 Å². The van der Waals surface area contributed by atoms with Crippen LogP contribution in [0.2, 0.25) is 0 Å². The molecule has 0 aliphatic rings. The number of nitrogens with zero attached hydrogens (tertiary/aromatic N) is 2. The van der Waals surface area contributed by atoms with Gasteiger partial charge in [-0.2, -0.15) is 0 Å². The number of rotatable bonds is 6. The van der Waals surface area contributed by atoms with Gasteiger partial charge in [-0.05, 0) is 49.4 Å². The van der Waals surface area contributed by atoms with Crippen LogP contribution in [0.4, 0.5) is 4.39 Å². The number of halogens is 1. The lowest BCUT2D eigenvalue weighted by atomic mass is 10.1. The molecule has 1 aromatic heterocycles. The van der Waals surface area contributed by atoms with Crippen LogP contribution in [0, 0.1) is 5.82 Å². The van der Waals surface area contributed by atoms with Crippen LogP contribution >= 0.6 is 0 Å². The number of ether oxygens (including phenoxy) is 1. The van der Waals surface area contributed by atoms with Gasteiger partial charge in [0.2, 0.25) is 0 Å². The minimum atomic E-state index is -0.303. The zero-order chi connectivity index (χ0) is 18.4. The third-order valence-corrected chi connectivity index (χ3v) is 3.73. The second-order valence-electron chi connectivity index (χ2n) is 5.51. The minimum Gasteiger partial charge on any atom is -0.493 e. The SMILES string of the molecule is CCOc1ccccc1C(=O)NCc1cc(-c2ccc(F)cc2)ncn1. The smallest absolute Gasteiger partial charge is 0.255 e. The van der Waals surface area contributed by atoms with E-state index >= 15 is 0 Å². The molecule has 0 fully saturated rings. The summed E-state index contributed by atoms with van der Waals surface area (Å²) in [6.45, 7) is 2.60. The number of para-hydroxylation sites is 1. The summed E-state index contributed by atoms with van der Waals surface area (Å²) in [5.41, 5.74) is 2.57. The van der Waals surface area contributed by atoms with Crippen molar-refractivity contribution < 1.29 is 13.9 Å². The fraction of sp³-hybridized carbons (Fsp3) is 0.150. The quantitative estimate of drug-likeness (QED) is 0.737. The van der Waals surface area contributed by atoms with Gasteiger partial charge in [-0.15, -0.1) is 0 Å².